The second-order valence-electron chi connectivity index (χ2n) is 12.9. The maximum Gasteiger partial charge on any atom is 0.193 e. The van der Waals surface area contributed by atoms with Crippen molar-refractivity contribution in [2.24, 2.45) is 0 Å². The maximum absolute atomic E-state index is 14.0. The zero-order chi connectivity index (χ0) is 35.9. The van der Waals surface area contributed by atoms with Crippen LogP contribution in [0.25, 0.3) is 0 Å². The van der Waals surface area contributed by atoms with Gasteiger partial charge in [0, 0.05) is 46.7 Å². The monoisotopic (exact) mass is 722 g/mol. The van der Waals surface area contributed by atoms with Crippen LogP contribution >= 0.6 is 23.5 Å². The third kappa shape index (κ3) is 7.83. The van der Waals surface area contributed by atoms with Crippen molar-refractivity contribution in [2.45, 2.75) is 13.1 Å². The molecule has 2 aliphatic heterocycles. The number of hydrogen-bond acceptors (Lipinski definition) is 8. The van der Waals surface area contributed by atoms with Crippen LogP contribution in [-0.4, -0.2) is 60.3 Å². The number of nitrogens with zero attached hydrogens (tertiary/aromatic N) is 4. The molecule has 0 unspecified atom stereocenters. The molecule has 262 valence electrons. The van der Waals surface area contributed by atoms with Crippen LogP contribution in [-0.2, 0) is 13.1 Å². The molecule has 0 aromatic heterocycles. The summed E-state index contributed by atoms with van der Waals surface area (Å²) in [6, 6.07) is 48.6. The van der Waals surface area contributed by atoms with E-state index in [2.05, 4.69) is 105 Å². The second-order valence-corrected chi connectivity index (χ2v) is 14.5. The minimum absolute atomic E-state index is 0.0585. The Kier molecular flexibility index (Phi) is 11.1. The number of Topliss-reactive ketones (excluding diaryl/α,β-unsaturated/α-hetero) is 2. The lowest BCUT2D eigenvalue weighted by Gasteiger charge is -2.41. The highest BCUT2D eigenvalue weighted by molar-refractivity contribution is 8.02. The van der Waals surface area contributed by atoms with Crippen LogP contribution in [0.2, 0.25) is 0 Å². The van der Waals surface area contributed by atoms with Gasteiger partial charge < -0.3 is 19.6 Å². The summed E-state index contributed by atoms with van der Waals surface area (Å²) < 4.78 is 0. The fourth-order valence-electron chi connectivity index (χ4n) is 6.98. The van der Waals surface area contributed by atoms with Crippen LogP contribution in [0.5, 0.6) is 0 Å². The molecule has 7 rings (SSSR count). The molecule has 6 nitrogen and oxygen atoms in total. The van der Waals surface area contributed by atoms with E-state index in [1.54, 1.807) is 23.5 Å². The standard InChI is InChI=1S/C44H42N4O2S2/c1-51-43-39(41(49)35-19-11-5-12-20-35)29-45(31-47(43)27-33-15-7-3-8-16-33)37-23-25-38(26-24-37)46-30-40(42(50)36-21-13-6-14-22-36)44(52-2)48(32-46)28-34-17-9-4-10-18-34/h3-26H,27-32H2,1-2H3. The first kappa shape index (κ1) is 35.2. The zero-order valence-corrected chi connectivity index (χ0v) is 31.2. The van der Waals surface area contributed by atoms with Crippen molar-refractivity contribution >= 4 is 46.5 Å². The average Bonchev–Trinajstić information content (AvgIpc) is 3.21. The van der Waals surface area contributed by atoms with Gasteiger partial charge in [-0.15, -0.1) is 23.5 Å². The molecule has 52 heavy (non-hydrogen) atoms. The summed E-state index contributed by atoms with van der Waals surface area (Å²) >= 11 is 3.28. The zero-order valence-electron chi connectivity index (χ0n) is 29.5. The Bertz CT molecular complexity index is 1900. The highest BCUT2D eigenvalue weighted by atomic mass is 32.2. The molecule has 5 aromatic carbocycles. The van der Waals surface area contributed by atoms with Crippen molar-refractivity contribution in [3.8, 4) is 0 Å². The Morgan fingerprint density at radius 3 is 1.13 bits per heavy atom. The topological polar surface area (TPSA) is 47.1 Å². The highest BCUT2D eigenvalue weighted by Gasteiger charge is 2.32. The van der Waals surface area contributed by atoms with Gasteiger partial charge in [-0.1, -0.05) is 121 Å². The van der Waals surface area contributed by atoms with Gasteiger partial charge >= 0.3 is 0 Å². The molecular formula is C44H42N4O2S2. The Hall–Kier alpha value is -5.18. The SMILES string of the molecule is CSC1=C(C(=O)c2ccccc2)CN(c2ccc(N3CC(C(=O)c4ccccc4)=C(SC)N(Cc4ccccc4)C3)cc2)CN1Cc1ccccc1. The van der Waals surface area contributed by atoms with Crippen molar-refractivity contribution < 1.29 is 9.59 Å². The van der Waals surface area contributed by atoms with Crippen LogP contribution in [0.1, 0.15) is 31.8 Å². The number of benzene rings is 5. The summed E-state index contributed by atoms with van der Waals surface area (Å²) in [7, 11) is 0. The van der Waals surface area contributed by atoms with E-state index >= 15 is 0 Å². The number of carbonyl (C=O) groups is 2. The molecule has 0 bridgehead atoms. The lowest BCUT2D eigenvalue weighted by atomic mass is 10.0. The Morgan fingerprint density at radius 1 is 0.481 bits per heavy atom. The van der Waals surface area contributed by atoms with Gasteiger partial charge in [-0.2, -0.15) is 0 Å². The third-order valence-electron chi connectivity index (χ3n) is 9.49. The summed E-state index contributed by atoms with van der Waals surface area (Å²) in [5.41, 5.74) is 7.48. The first-order chi connectivity index (χ1) is 25.5. The molecule has 0 fully saturated rings. The summed E-state index contributed by atoms with van der Waals surface area (Å²) in [5, 5.41) is 2.04. The molecule has 0 aliphatic carbocycles. The van der Waals surface area contributed by atoms with Gasteiger partial charge in [-0.05, 0) is 47.9 Å². The van der Waals surface area contributed by atoms with Crippen molar-refractivity contribution in [3.63, 3.8) is 0 Å². The summed E-state index contributed by atoms with van der Waals surface area (Å²) in [5.74, 6) is 0.117. The van der Waals surface area contributed by atoms with E-state index in [0.29, 0.717) is 50.6 Å². The van der Waals surface area contributed by atoms with E-state index in [0.717, 1.165) is 32.6 Å². The van der Waals surface area contributed by atoms with E-state index in [4.69, 9.17) is 0 Å². The number of carbonyl (C=O) groups excluding carboxylic acids is 2. The lowest BCUT2D eigenvalue weighted by molar-refractivity contribution is 0.101. The number of rotatable bonds is 12. The predicted molar refractivity (Wildman–Crippen MR) is 217 cm³/mol. The fraction of sp³-hybridized carbons (Fsp3) is 0.182. The van der Waals surface area contributed by atoms with Gasteiger partial charge in [0.25, 0.3) is 0 Å². The van der Waals surface area contributed by atoms with Crippen molar-refractivity contribution in [1.29, 1.82) is 0 Å². The molecule has 5 aromatic rings. The van der Waals surface area contributed by atoms with Gasteiger partial charge in [-0.25, -0.2) is 0 Å². The quantitative estimate of drug-likeness (QED) is 0.118. The van der Waals surface area contributed by atoms with E-state index in [1.807, 2.05) is 72.8 Å². The third-order valence-corrected chi connectivity index (χ3v) is 11.3. The molecule has 0 saturated carbocycles. The Balaban J connectivity index is 1.19. The van der Waals surface area contributed by atoms with E-state index in [1.165, 1.54) is 11.1 Å². The summed E-state index contributed by atoms with van der Waals surface area (Å²) in [4.78, 5) is 37.3. The van der Waals surface area contributed by atoms with Crippen LogP contribution in [0.3, 0.4) is 0 Å². The molecule has 2 aliphatic rings. The minimum atomic E-state index is 0.0585. The molecule has 0 amide bonds. The fourth-order valence-corrected chi connectivity index (χ4v) is 8.55. The van der Waals surface area contributed by atoms with E-state index in [-0.39, 0.29) is 11.6 Å². The normalized spacial score (nSPS) is 15.0. The van der Waals surface area contributed by atoms with Crippen molar-refractivity contribution in [2.75, 3.05) is 48.7 Å². The average molecular weight is 723 g/mol. The molecule has 0 N–H and O–H groups in total. The first-order valence-corrected chi connectivity index (χ1v) is 19.9. The first-order valence-electron chi connectivity index (χ1n) is 17.4. The molecule has 2 heterocycles. The summed E-state index contributed by atoms with van der Waals surface area (Å²) in [6.07, 6.45) is 4.12. The lowest BCUT2D eigenvalue weighted by Crippen LogP contribution is -2.45. The second kappa shape index (κ2) is 16.4. The molecule has 0 spiro atoms. The largest absolute Gasteiger partial charge is 0.349 e. The van der Waals surface area contributed by atoms with Crippen molar-refractivity contribution in [3.05, 3.63) is 189 Å². The van der Waals surface area contributed by atoms with Gasteiger partial charge in [0.15, 0.2) is 11.6 Å². The number of ketones is 2. The van der Waals surface area contributed by atoms with E-state index < -0.39 is 0 Å². The van der Waals surface area contributed by atoms with Crippen LogP contribution in [0, 0.1) is 0 Å². The van der Waals surface area contributed by atoms with E-state index in [9.17, 15) is 9.59 Å². The van der Waals surface area contributed by atoms with Crippen LogP contribution in [0.4, 0.5) is 11.4 Å². The Morgan fingerprint density at radius 2 is 0.808 bits per heavy atom. The Labute approximate surface area is 315 Å². The summed E-state index contributed by atoms with van der Waals surface area (Å²) in [6.45, 7) is 3.73. The highest BCUT2D eigenvalue weighted by Crippen LogP contribution is 2.36. The van der Waals surface area contributed by atoms with Crippen molar-refractivity contribution in [1.82, 2.24) is 9.80 Å². The molecule has 8 heteroatoms. The van der Waals surface area contributed by atoms with Gasteiger partial charge in [-0.3, -0.25) is 9.59 Å². The maximum atomic E-state index is 14.0. The number of anilines is 2. The van der Waals surface area contributed by atoms with Gasteiger partial charge in [0.1, 0.15) is 0 Å². The molecule has 0 saturated heterocycles. The van der Waals surface area contributed by atoms with Crippen LogP contribution < -0.4 is 9.80 Å². The number of thioether (sulfide) groups is 2. The van der Waals surface area contributed by atoms with Gasteiger partial charge in [0.05, 0.1) is 36.5 Å². The predicted octanol–water partition coefficient (Wildman–Crippen LogP) is 9.16. The molecule has 0 radical (unpaired) electrons. The molecule has 0 atom stereocenters. The van der Waals surface area contributed by atoms with Gasteiger partial charge in [0.2, 0.25) is 0 Å². The van der Waals surface area contributed by atoms with Crippen LogP contribution in [0.15, 0.2) is 167 Å². The smallest absolute Gasteiger partial charge is 0.193 e. The number of hydrogen-bond donors (Lipinski definition) is 0. The minimum Gasteiger partial charge on any atom is -0.349 e. The molecular weight excluding hydrogens is 681 g/mol.